The van der Waals surface area contributed by atoms with Crippen molar-refractivity contribution in [1.82, 2.24) is 4.98 Å². The van der Waals surface area contributed by atoms with E-state index in [0.717, 1.165) is 16.5 Å². The summed E-state index contributed by atoms with van der Waals surface area (Å²) in [7, 11) is 0. The molecule has 2 unspecified atom stereocenters. The summed E-state index contributed by atoms with van der Waals surface area (Å²) in [6.45, 7) is 2.61. The largest absolute Gasteiger partial charge is 1.00 e. The van der Waals surface area contributed by atoms with E-state index in [1.165, 1.54) is 0 Å². The average Bonchev–Trinajstić information content (AvgIpc) is 2.67. The minimum Gasteiger partial charge on any atom is -1.00 e. The first-order chi connectivity index (χ1) is 12.1. The molecule has 2 atom stereocenters. The number of pyridine rings is 1. The van der Waals surface area contributed by atoms with Crippen molar-refractivity contribution in [2.45, 2.75) is 25.5 Å². The number of Topliss-reactive ketones (excluding diaryl/α,β-unsaturated/α-hetero) is 1. The molecular weight excluding hydrogens is 348 g/mol. The van der Waals surface area contributed by atoms with E-state index >= 15 is 0 Å². The number of hydrogen-bond acceptors (Lipinski definition) is 3. The van der Waals surface area contributed by atoms with Crippen molar-refractivity contribution in [3.05, 3.63) is 78.0 Å². The molecule has 3 rings (SSSR count). The van der Waals surface area contributed by atoms with Crippen LogP contribution in [0.3, 0.4) is 0 Å². The molecule has 0 aliphatic rings. The van der Waals surface area contributed by atoms with Gasteiger partial charge >= 0.3 is 0 Å². The van der Waals surface area contributed by atoms with Crippen LogP contribution in [0.5, 0.6) is 0 Å². The molecule has 26 heavy (non-hydrogen) atoms. The molecule has 0 spiro atoms. The highest BCUT2D eigenvalue weighted by atomic mass is 35.5. The third kappa shape index (κ3) is 4.88. The highest BCUT2D eigenvalue weighted by Gasteiger charge is 2.19. The number of hydrogen-bond donors (Lipinski definition) is 2. The van der Waals surface area contributed by atoms with E-state index in [0.29, 0.717) is 18.5 Å². The summed E-state index contributed by atoms with van der Waals surface area (Å²) in [5, 5.41) is 13.4. The van der Waals surface area contributed by atoms with Crippen LogP contribution in [0, 0.1) is 0 Å². The zero-order chi connectivity index (χ0) is 17.6. The second-order valence-corrected chi connectivity index (χ2v) is 6.33. The Morgan fingerprint density at radius 2 is 1.81 bits per heavy atom. The van der Waals surface area contributed by atoms with E-state index < -0.39 is 6.10 Å². The summed E-state index contributed by atoms with van der Waals surface area (Å²) < 4.78 is 0. The third-order valence-corrected chi connectivity index (χ3v) is 4.46. The maximum Gasteiger partial charge on any atom is 0.170 e. The van der Waals surface area contributed by atoms with Gasteiger partial charge in [-0.25, -0.2) is 0 Å². The molecule has 2 aromatic carbocycles. The fraction of sp³-hybridized carbons (Fsp3) is 0.238. The summed E-state index contributed by atoms with van der Waals surface area (Å²) in [6.07, 6.45) is 1.53. The zero-order valence-electron chi connectivity index (χ0n) is 14.7. The number of quaternary nitrogens is 1. The number of fused-ring (bicyclic) bond motifs is 1. The number of aliphatic hydroxyl groups excluding tert-OH is 1. The summed E-state index contributed by atoms with van der Waals surface area (Å²) in [6, 6.07) is 19.3. The zero-order valence-corrected chi connectivity index (χ0v) is 15.4. The first-order valence-electron chi connectivity index (χ1n) is 8.59. The Morgan fingerprint density at radius 1 is 1.12 bits per heavy atom. The summed E-state index contributed by atoms with van der Waals surface area (Å²) >= 11 is 0. The second-order valence-electron chi connectivity index (χ2n) is 6.33. The number of benzene rings is 2. The summed E-state index contributed by atoms with van der Waals surface area (Å²) in [4.78, 5) is 16.7. The Labute approximate surface area is 159 Å². The van der Waals surface area contributed by atoms with Gasteiger partial charge in [0, 0.05) is 17.1 Å². The van der Waals surface area contributed by atoms with E-state index in [-0.39, 0.29) is 24.2 Å². The SMILES string of the molecule is CC([NH2+]CCC(=O)c1cnc2ccccc2c1)C(O)c1ccccc1.[Cl-]. The quantitative estimate of drug-likeness (QED) is 0.551. The molecule has 0 fully saturated rings. The number of halogens is 1. The van der Waals surface area contributed by atoms with Gasteiger partial charge in [0.1, 0.15) is 12.1 Å². The van der Waals surface area contributed by atoms with Crippen LogP contribution in [0.1, 0.15) is 35.4 Å². The number of carbonyl (C=O) groups is 1. The van der Waals surface area contributed by atoms with Crippen LogP contribution in [0.2, 0.25) is 0 Å². The Bertz CT molecular complexity index is 855. The molecule has 0 radical (unpaired) electrons. The van der Waals surface area contributed by atoms with Crippen molar-refractivity contribution >= 4 is 16.7 Å². The molecule has 1 heterocycles. The molecule has 0 amide bonds. The van der Waals surface area contributed by atoms with Crippen LogP contribution in [-0.2, 0) is 0 Å². The van der Waals surface area contributed by atoms with Gasteiger partial charge in [0.2, 0.25) is 0 Å². The number of carbonyl (C=O) groups excluding carboxylic acids is 1. The van der Waals surface area contributed by atoms with Gasteiger partial charge in [-0.05, 0) is 24.6 Å². The predicted octanol–water partition coefficient (Wildman–Crippen LogP) is -0.503. The highest BCUT2D eigenvalue weighted by Crippen LogP contribution is 2.15. The Morgan fingerprint density at radius 3 is 2.58 bits per heavy atom. The Kier molecular flexibility index (Phi) is 7.27. The smallest absolute Gasteiger partial charge is 0.170 e. The predicted molar refractivity (Wildman–Crippen MR) is 98.3 cm³/mol. The van der Waals surface area contributed by atoms with Gasteiger partial charge in [0.15, 0.2) is 5.78 Å². The van der Waals surface area contributed by atoms with Gasteiger partial charge in [-0.1, -0.05) is 48.5 Å². The minimum absolute atomic E-state index is 0. The molecule has 0 aliphatic heterocycles. The molecular formula is C21H23ClN2O2. The normalized spacial score (nSPS) is 13.0. The van der Waals surface area contributed by atoms with Gasteiger partial charge in [-0.2, -0.15) is 0 Å². The summed E-state index contributed by atoms with van der Waals surface area (Å²) in [5.74, 6) is 0.0795. The van der Waals surface area contributed by atoms with Crippen molar-refractivity contribution in [3.63, 3.8) is 0 Å². The lowest BCUT2D eigenvalue weighted by molar-refractivity contribution is -0.693. The first-order valence-corrected chi connectivity index (χ1v) is 8.59. The lowest BCUT2D eigenvalue weighted by atomic mass is 10.0. The standard InChI is InChI=1S/C21H22N2O2.ClH/c1-15(21(25)16-7-3-2-4-8-16)22-12-11-20(24)18-13-17-9-5-6-10-19(17)23-14-18;/h2-10,13-15,21-22,25H,11-12H2,1H3;1H. The number of aromatic nitrogens is 1. The van der Waals surface area contributed by atoms with Crippen LogP contribution in [0.15, 0.2) is 66.9 Å². The van der Waals surface area contributed by atoms with E-state index in [1.807, 2.05) is 72.9 Å². The number of nitrogens with zero attached hydrogens (tertiary/aromatic N) is 1. The molecule has 0 saturated heterocycles. The lowest BCUT2D eigenvalue weighted by Crippen LogP contribution is -3.00. The molecule has 136 valence electrons. The van der Waals surface area contributed by atoms with E-state index in [2.05, 4.69) is 4.98 Å². The minimum atomic E-state index is -0.543. The number of rotatable bonds is 7. The number of nitrogens with two attached hydrogens (primary N) is 1. The lowest BCUT2D eigenvalue weighted by Gasteiger charge is -2.17. The van der Waals surface area contributed by atoms with E-state index in [4.69, 9.17) is 0 Å². The molecule has 4 nitrogen and oxygen atoms in total. The summed E-state index contributed by atoms with van der Waals surface area (Å²) in [5.41, 5.74) is 2.44. The van der Waals surface area contributed by atoms with Gasteiger partial charge < -0.3 is 22.8 Å². The monoisotopic (exact) mass is 370 g/mol. The van der Waals surface area contributed by atoms with Crippen LogP contribution in [0.4, 0.5) is 0 Å². The van der Waals surface area contributed by atoms with Gasteiger partial charge in [0.25, 0.3) is 0 Å². The molecule has 3 aromatic rings. The second kappa shape index (κ2) is 9.43. The van der Waals surface area contributed by atoms with Gasteiger partial charge in [0.05, 0.1) is 18.5 Å². The fourth-order valence-corrected chi connectivity index (χ4v) is 2.93. The maximum atomic E-state index is 12.4. The molecule has 3 N–H and O–H groups in total. The molecule has 1 aromatic heterocycles. The van der Waals surface area contributed by atoms with Gasteiger partial charge in [-0.3, -0.25) is 9.78 Å². The van der Waals surface area contributed by atoms with Crippen LogP contribution >= 0.6 is 0 Å². The van der Waals surface area contributed by atoms with Gasteiger partial charge in [-0.15, -0.1) is 0 Å². The fourth-order valence-electron chi connectivity index (χ4n) is 2.93. The Hall–Kier alpha value is -2.27. The number of aliphatic hydroxyl groups is 1. The maximum absolute atomic E-state index is 12.4. The van der Waals surface area contributed by atoms with Crippen molar-refractivity contribution in [1.29, 1.82) is 0 Å². The van der Waals surface area contributed by atoms with Crippen LogP contribution in [-0.4, -0.2) is 28.5 Å². The van der Waals surface area contributed by atoms with E-state index in [1.54, 1.807) is 6.20 Å². The third-order valence-electron chi connectivity index (χ3n) is 4.46. The molecule has 0 aliphatic carbocycles. The van der Waals surface area contributed by atoms with Crippen molar-refractivity contribution in [2.24, 2.45) is 0 Å². The first kappa shape index (κ1) is 20.0. The Balaban J connectivity index is 0.00000243. The molecule has 5 heteroatoms. The molecule has 0 bridgehead atoms. The topological polar surface area (TPSA) is 66.8 Å². The van der Waals surface area contributed by atoms with E-state index in [9.17, 15) is 9.90 Å². The van der Waals surface area contributed by atoms with Crippen molar-refractivity contribution in [2.75, 3.05) is 6.54 Å². The van der Waals surface area contributed by atoms with Crippen LogP contribution in [0.25, 0.3) is 10.9 Å². The number of para-hydroxylation sites is 1. The number of ketones is 1. The van der Waals surface area contributed by atoms with Crippen molar-refractivity contribution in [3.8, 4) is 0 Å². The average molecular weight is 371 g/mol. The van der Waals surface area contributed by atoms with Crippen LogP contribution < -0.4 is 17.7 Å². The highest BCUT2D eigenvalue weighted by molar-refractivity contribution is 5.98. The van der Waals surface area contributed by atoms with Crippen molar-refractivity contribution < 1.29 is 27.6 Å². The molecule has 0 saturated carbocycles.